The molecule has 1 aromatic carbocycles. The van der Waals surface area contributed by atoms with Gasteiger partial charge in [-0.15, -0.1) is 0 Å². The van der Waals surface area contributed by atoms with E-state index in [1.54, 1.807) is 0 Å². The molecule has 0 bridgehead atoms. The molecule has 2 rings (SSSR count). The first-order valence-electron chi connectivity index (χ1n) is 6.03. The van der Waals surface area contributed by atoms with Crippen LogP contribution in [-0.4, -0.2) is 29.6 Å². The van der Waals surface area contributed by atoms with Crippen molar-refractivity contribution in [2.75, 3.05) is 11.9 Å². The van der Waals surface area contributed by atoms with Gasteiger partial charge in [0.15, 0.2) is 0 Å². The van der Waals surface area contributed by atoms with Crippen LogP contribution >= 0.6 is 11.6 Å². The van der Waals surface area contributed by atoms with Gasteiger partial charge in [0.2, 0.25) is 5.91 Å². The van der Waals surface area contributed by atoms with Crippen LogP contribution < -0.4 is 10.6 Å². The molecular formula is C13H15ClN2O3. The predicted octanol–water partition coefficient (Wildman–Crippen LogP) is 1.97. The average molecular weight is 283 g/mol. The number of benzene rings is 1. The van der Waals surface area contributed by atoms with E-state index in [2.05, 4.69) is 17.6 Å². The highest BCUT2D eigenvalue weighted by Gasteiger charge is 2.32. The molecule has 1 aromatic rings. The van der Waals surface area contributed by atoms with Gasteiger partial charge in [0.25, 0.3) is 0 Å². The van der Waals surface area contributed by atoms with Crippen molar-refractivity contribution in [2.45, 2.75) is 19.4 Å². The summed E-state index contributed by atoms with van der Waals surface area (Å²) < 4.78 is 0. The number of carboxylic acid groups (broad SMARTS) is 1. The van der Waals surface area contributed by atoms with Crippen LogP contribution in [0.15, 0.2) is 18.2 Å². The highest BCUT2D eigenvalue weighted by molar-refractivity contribution is 6.33. The number of aromatic carboxylic acids is 1. The van der Waals surface area contributed by atoms with E-state index in [1.807, 2.05) is 0 Å². The first-order valence-corrected chi connectivity index (χ1v) is 6.41. The monoisotopic (exact) mass is 282 g/mol. The molecule has 1 amide bonds. The Hall–Kier alpha value is -1.59. The summed E-state index contributed by atoms with van der Waals surface area (Å²) in [5, 5.41) is 14.9. The van der Waals surface area contributed by atoms with Crippen molar-refractivity contribution in [3.8, 4) is 0 Å². The number of rotatable bonds is 5. The third kappa shape index (κ3) is 3.68. The molecule has 1 aliphatic carbocycles. The molecule has 1 fully saturated rings. The predicted molar refractivity (Wildman–Crippen MR) is 72.6 cm³/mol. The van der Waals surface area contributed by atoms with Gasteiger partial charge in [0.05, 0.1) is 22.8 Å². The van der Waals surface area contributed by atoms with Crippen LogP contribution in [0, 0.1) is 5.92 Å². The number of carbonyl (C=O) groups excluding carboxylic acids is 1. The van der Waals surface area contributed by atoms with Crippen LogP contribution in [0.4, 0.5) is 5.69 Å². The van der Waals surface area contributed by atoms with Crippen molar-refractivity contribution in [1.82, 2.24) is 5.32 Å². The molecule has 1 saturated carbocycles. The first-order chi connectivity index (χ1) is 8.97. The molecule has 3 N–H and O–H groups in total. The second kappa shape index (κ2) is 5.59. The van der Waals surface area contributed by atoms with Crippen LogP contribution in [0.2, 0.25) is 5.02 Å². The third-order valence-electron chi connectivity index (χ3n) is 3.12. The Kier molecular flexibility index (Phi) is 4.07. The van der Waals surface area contributed by atoms with Gasteiger partial charge in [-0.2, -0.15) is 0 Å². The smallest absolute Gasteiger partial charge is 0.335 e. The quantitative estimate of drug-likeness (QED) is 0.771. The van der Waals surface area contributed by atoms with Crippen LogP contribution in [0.25, 0.3) is 0 Å². The number of carboxylic acids is 1. The van der Waals surface area contributed by atoms with Gasteiger partial charge in [-0.3, -0.25) is 4.79 Å². The van der Waals surface area contributed by atoms with E-state index in [0.717, 1.165) is 6.42 Å². The molecule has 6 heteroatoms. The van der Waals surface area contributed by atoms with Crippen molar-refractivity contribution in [3.05, 3.63) is 28.8 Å². The van der Waals surface area contributed by atoms with Gasteiger partial charge in [-0.1, -0.05) is 18.5 Å². The lowest BCUT2D eigenvalue weighted by Gasteiger charge is -2.08. The lowest BCUT2D eigenvalue weighted by molar-refractivity contribution is -0.115. The van der Waals surface area contributed by atoms with Gasteiger partial charge in [0.1, 0.15) is 0 Å². The molecule has 0 aliphatic heterocycles. The van der Waals surface area contributed by atoms with Gasteiger partial charge in [-0.25, -0.2) is 4.79 Å². The number of halogens is 1. The molecule has 0 saturated heterocycles. The lowest BCUT2D eigenvalue weighted by atomic mass is 10.2. The Morgan fingerprint density at radius 2 is 2.16 bits per heavy atom. The maximum absolute atomic E-state index is 11.7. The highest BCUT2D eigenvalue weighted by atomic mass is 35.5. The molecule has 5 nitrogen and oxygen atoms in total. The summed E-state index contributed by atoms with van der Waals surface area (Å²) in [5.74, 6) is -0.674. The zero-order chi connectivity index (χ0) is 14.0. The van der Waals surface area contributed by atoms with Gasteiger partial charge in [0, 0.05) is 6.04 Å². The number of hydrogen-bond donors (Lipinski definition) is 3. The maximum atomic E-state index is 11.7. The minimum absolute atomic E-state index is 0.0866. The Morgan fingerprint density at radius 1 is 1.47 bits per heavy atom. The summed E-state index contributed by atoms with van der Waals surface area (Å²) >= 11 is 5.92. The molecule has 2 atom stereocenters. The van der Waals surface area contributed by atoms with Gasteiger partial charge in [-0.05, 0) is 30.5 Å². The van der Waals surface area contributed by atoms with E-state index >= 15 is 0 Å². The minimum atomic E-state index is -1.06. The minimum Gasteiger partial charge on any atom is -0.478 e. The van der Waals surface area contributed by atoms with Crippen LogP contribution in [-0.2, 0) is 4.79 Å². The van der Waals surface area contributed by atoms with Crippen molar-refractivity contribution >= 4 is 29.2 Å². The van der Waals surface area contributed by atoms with E-state index < -0.39 is 5.97 Å². The van der Waals surface area contributed by atoms with Crippen LogP contribution in [0.1, 0.15) is 23.7 Å². The Bertz CT molecular complexity index is 519. The SMILES string of the molecule is CC1CC1NCC(=O)Nc1cc(C(=O)O)ccc1Cl. The number of amides is 1. The topological polar surface area (TPSA) is 78.4 Å². The molecule has 0 radical (unpaired) electrons. The lowest BCUT2D eigenvalue weighted by Crippen LogP contribution is -2.30. The normalized spacial score (nSPS) is 20.9. The standard InChI is InChI=1S/C13H15ClN2O3/c1-7-4-10(7)15-6-12(17)16-11-5-8(13(18)19)2-3-9(11)14/h2-3,5,7,10,15H,4,6H2,1H3,(H,16,17)(H,18,19). The Labute approximate surface area is 116 Å². The summed E-state index contributed by atoms with van der Waals surface area (Å²) in [6.07, 6.45) is 1.09. The Balaban J connectivity index is 1.95. The first kappa shape index (κ1) is 13.8. The maximum Gasteiger partial charge on any atom is 0.335 e. The molecule has 1 aliphatic rings. The van der Waals surface area contributed by atoms with E-state index in [4.69, 9.17) is 16.7 Å². The second-order valence-electron chi connectivity index (χ2n) is 4.75. The zero-order valence-corrected chi connectivity index (χ0v) is 11.2. The summed E-state index contributed by atoms with van der Waals surface area (Å²) in [6, 6.07) is 4.61. The molecule has 0 heterocycles. The fraction of sp³-hybridized carbons (Fsp3) is 0.385. The summed E-state index contributed by atoms with van der Waals surface area (Å²) in [4.78, 5) is 22.5. The van der Waals surface area contributed by atoms with Crippen molar-refractivity contribution in [2.24, 2.45) is 5.92 Å². The van der Waals surface area contributed by atoms with E-state index in [0.29, 0.717) is 22.7 Å². The van der Waals surface area contributed by atoms with E-state index in [-0.39, 0.29) is 18.0 Å². The van der Waals surface area contributed by atoms with Gasteiger partial charge >= 0.3 is 5.97 Å². The molecule has 0 spiro atoms. The summed E-state index contributed by atoms with van der Waals surface area (Å²) in [7, 11) is 0. The average Bonchev–Trinajstić information content (AvgIpc) is 3.05. The van der Waals surface area contributed by atoms with Crippen molar-refractivity contribution < 1.29 is 14.7 Å². The van der Waals surface area contributed by atoms with Gasteiger partial charge < -0.3 is 15.7 Å². The molecular weight excluding hydrogens is 268 g/mol. The number of anilines is 1. The summed E-state index contributed by atoms with van der Waals surface area (Å²) in [5.41, 5.74) is 0.403. The Morgan fingerprint density at radius 3 is 2.74 bits per heavy atom. The fourth-order valence-electron chi connectivity index (χ4n) is 1.78. The number of hydrogen-bond acceptors (Lipinski definition) is 3. The zero-order valence-electron chi connectivity index (χ0n) is 10.4. The number of carbonyl (C=O) groups is 2. The van der Waals surface area contributed by atoms with Crippen LogP contribution in [0.3, 0.4) is 0 Å². The van der Waals surface area contributed by atoms with Crippen molar-refractivity contribution in [1.29, 1.82) is 0 Å². The van der Waals surface area contributed by atoms with Crippen LogP contribution in [0.5, 0.6) is 0 Å². The molecule has 2 unspecified atom stereocenters. The largest absolute Gasteiger partial charge is 0.478 e. The summed E-state index contributed by atoms with van der Waals surface area (Å²) in [6.45, 7) is 2.31. The van der Waals surface area contributed by atoms with Crippen molar-refractivity contribution in [3.63, 3.8) is 0 Å². The van der Waals surface area contributed by atoms with E-state index in [9.17, 15) is 9.59 Å². The third-order valence-corrected chi connectivity index (χ3v) is 3.45. The molecule has 0 aromatic heterocycles. The highest BCUT2D eigenvalue weighted by Crippen LogP contribution is 2.28. The van der Waals surface area contributed by atoms with E-state index in [1.165, 1.54) is 18.2 Å². The second-order valence-corrected chi connectivity index (χ2v) is 5.16. The fourth-order valence-corrected chi connectivity index (χ4v) is 1.94. The number of nitrogens with one attached hydrogen (secondary N) is 2. The molecule has 102 valence electrons. The molecule has 19 heavy (non-hydrogen) atoms.